The van der Waals surface area contributed by atoms with Gasteiger partial charge in [0.1, 0.15) is 36.0 Å². The van der Waals surface area contributed by atoms with Crippen LogP contribution in [0, 0.1) is 0 Å². The molecule has 0 aliphatic carbocycles. The molecule has 368 valence electrons. The van der Waals surface area contributed by atoms with E-state index in [1.165, 1.54) is 24.3 Å². The van der Waals surface area contributed by atoms with Crippen molar-refractivity contribution in [2.45, 2.75) is 81.2 Å². The van der Waals surface area contributed by atoms with Crippen molar-refractivity contribution in [2.24, 2.45) is 38.7 Å². The molecular formula is C46H60N14O8S. The molecule has 2 aromatic heterocycles. The Kier molecular flexibility index (Phi) is 19.2. The number of aliphatic carboxylic acids is 1. The fraction of sp³-hybridized carbons (Fsp3) is 0.348. The molecule has 69 heavy (non-hydrogen) atoms. The Hall–Kier alpha value is -7.79. The standard InChI is InChI=1S/C46H60N14O8S/c47-31(20-26-22-54-32-9-3-1-7-29(26)32)39(62)56-34(11-5-17-52-45(48)49)40(63)59-37(21-27-23-55-33-10-4-2-8-30(27)33)42(65)58-36(19-25-13-15-28(61)16-14-25)41(64)60-38(24-69)43(66)57-35(44(67)68)12-6-18-53-46(50)51/h1-4,7-10,13-16,22-23,31,34-38,54-55,61,69H,5-6,11-12,17-21,24,47H2,(H,56,62)(H,57,66)(H,58,65)(H,59,63)(H,60,64)(H,67,68)(H4,48,49,52)(H4,50,51,53)/t31-,34-,35-,36-,37-,38-/m1/s1. The van der Waals surface area contributed by atoms with Crippen molar-refractivity contribution in [1.82, 2.24) is 36.6 Å². The maximum absolute atomic E-state index is 14.7. The molecule has 0 fully saturated rings. The fourth-order valence-corrected chi connectivity index (χ4v) is 7.79. The van der Waals surface area contributed by atoms with Gasteiger partial charge in [0.25, 0.3) is 0 Å². The molecule has 3 aromatic carbocycles. The van der Waals surface area contributed by atoms with Gasteiger partial charge in [-0.05, 0) is 73.1 Å². The van der Waals surface area contributed by atoms with Crippen molar-refractivity contribution in [3.8, 4) is 5.75 Å². The number of amides is 5. The van der Waals surface area contributed by atoms with Gasteiger partial charge in [-0.25, -0.2) is 4.79 Å². The van der Waals surface area contributed by atoms with E-state index in [4.69, 9.17) is 28.7 Å². The first-order chi connectivity index (χ1) is 33.0. The lowest BCUT2D eigenvalue weighted by Gasteiger charge is -2.27. The number of phenolic OH excluding ortho intramolecular Hbond substituents is 1. The summed E-state index contributed by atoms with van der Waals surface area (Å²) >= 11 is 4.25. The van der Waals surface area contributed by atoms with E-state index in [0.717, 1.165) is 27.4 Å². The number of rotatable bonds is 26. The molecule has 2 heterocycles. The topological polar surface area (TPSA) is 389 Å². The Morgan fingerprint density at radius 3 is 1.52 bits per heavy atom. The van der Waals surface area contributed by atoms with Crippen LogP contribution in [0.25, 0.3) is 21.8 Å². The van der Waals surface area contributed by atoms with E-state index < -0.39 is 71.8 Å². The number of guanidine groups is 2. The lowest BCUT2D eigenvalue weighted by Crippen LogP contribution is -2.60. The first kappa shape index (κ1) is 52.2. The zero-order valence-corrected chi connectivity index (χ0v) is 38.6. The average Bonchev–Trinajstić information content (AvgIpc) is 3.93. The molecule has 0 aliphatic heterocycles. The van der Waals surface area contributed by atoms with Crippen LogP contribution >= 0.6 is 12.6 Å². The second-order valence-electron chi connectivity index (χ2n) is 16.3. The number of carbonyl (C=O) groups excluding carboxylic acids is 5. The van der Waals surface area contributed by atoms with Crippen molar-refractivity contribution in [1.29, 1.82) is 0 Å². The van der Waals surface area contributed by atoms with E-state index in [2.05, 4.69) is 59.2 Å². The van der Waals surface area contributed by atoms with E-state index in [1.54, 1.807) is 12.4 Å². The van der Waals surface area contributed by atoms with Crippen LogP contribution in [0.15, 0.2) is 95.2 Å². The number of carboxylic acids is 1. The van der Waals surface area contributed by atoms with Crippen molar-refractivity contribution >= 4 is 81.9 Å². The Morgan fingerprint density at radius 1 is 0.565 bits per heavy atom. The van der Waals surface area contributed by atoms with E-state index in [9.17, 15) is 39.0 Å². The lowest BCUT2D eigenvalue weighted by molar-refractivity contribution is -0.142. The molecule has 5 aromatic rings. The third-order valence-corrected chi connectivity index (χ3v) is 11.5. The minimum absolute atomic E-state index is 0.0349. The summed E-state index contributed by atoms with van der Waals surface area (Å²) in [4.78, 5) is 96.6. The van der Waals surface area contributed by atoms with Gasteiger partial charge in [0, 0.05) is 65.9 Å². The first-order valence-electron chi connectivity index (χ1n) is 22.1. The monoisotopic (exact) mass is 968 g/mol. The number of aromatic hydroxyl groups is 1. The predicted molar refractivity (Wildman–Crippen MR) is 265 cm³/mol. The van der Waals surface area contributed by atoms with Gasteiger partial charge in [0.15, 0.2) is 11.9 Å². The van der Waals surface area contributed by atoms with Crippen molar-refractivity contribution < 1.29 is 39.0 Å². The number of nitrogens with two attached hydrogens (primary N) is 5. The van der Waals surface area contributed by atoms with Gasteiger partial charge in [-0.3, -0.25) is 34.0 Å². The SMILES string of the molecule is NC(N)=NCCC[C@@H](NC(=O)[C@@H](CS)NC(=O)[C@@H](Cc1ccc(O)cc1)NC(=O)[C@@H](Cc1c[nH]c2ccccc12)NC(=O)[C@@H](CCCN=C(N)N)NC(=O)[C@H](N)Cc1c[nH]c2ccccc12)C(=O)O. The minimum atomic E-state index is -1.41. The van der Waals surface area contributed by atoms with Crippen LogP contribution < -0.4 is 55.3 Å². The van der Waals surface area contributed by atoms with Crippen LogP contribution in [0.2, 0.25) is 0 Å². The summed E-state index contributed by atoms with van der Waals surface area (Å²) in [5.41, 5.74) is 31.8. The van der Waals surface area contributed by atoms with E-state index >= 15 is 0 Å². The number of carboxylic acid groups (broad SMARTS) is 1. The molecular weight excluding hydrogens is 909 g/mol. The quantitative estimate of drug-likeness (QED) is 0.0141. The number of phenols is 1. The number of aromatic amines is 2. The average molecular weight is 969 g/mol. The summed E-state index contributed by atoms with van der Waals surface area (Å²) in [6, 6.07) is 12.9. The Bertz CT molecular complexity index is 2630. The molecule has 0 saturated heterocycles. The van der Waals surface area contributed by atoms with Crippen LogP contribution in [0.4, 0.5) is 0 Å². The minimum Gasteiger partial charge on any atom is -0.508 e. The zero-order chi connectivity index (χ0) is 50.0. The molecule has 0 unspecified atom stereocenters. The highest BCUT2D eigenvalue weighted by atomic mass is 32.1. The van der Waals surface area contributed by atoms with Gasteiger partial charge in [0.2, 0.25) is 29.5 Å². The molecule has 22 nitrogen and oxygen atoms in total. The number of hydrogen-bond donors (Lipinski definition) is 15. The highest BCUT2D eigenvalue weighted by Gasteiger charge is 2.33. The van der Waals surface area contributed by atoms with Crippen LogP contribution in [-0.2, 0) is 48.0 Å². The zero-order valence-electron chi connectivity index (χ0n) is 37.7. The largest absolute Gasteiger partial charge is 0.508 e. The van der Waals surface area contributed by atoms with Crippen LogP contribution in [0.3, 0.4) is 0 Å². The van der Waals surface area contributed by atoms with Crippen molar-refractivity contribution in [3.05, 3.63) is 102 Å². The van der Waals surface area contributed by atoms with E-state index in [-0.39, 0.29) is 81.5 Å². The predicted octanol–water partition coefficient (Wildman–Crippen LogP) is -0.744. The Morgan fingerprint density at radius 2 is 1.00 bits per heavy atom. The maximum atomic E-state index is 14.7. The first-order valence-corrected chi connectivity index (χ1v) is 22.8. The highest BCUT2D eigenvalue weighted by molar-refractivity contribution is 7.80. The molecule has 0 aliphatic rings. The summed E-state index contributed by atoms with van der Waals surface area (Å²) in [5.74, 6) is -5.89. The molecule has 6 atom stereocenters. The molecule has 23 heteroatoms. The summed E-state index contributed by atoms with van der Waals surface area (Å²) in [7, 11) is 0. The number of nitrogens with zero attached hydrogens (tertiary/aromatic N) is 2. The molecule has 0 saturated carbocycles. The number of carbonyl (C=O) groups is 6. The third kappa shape index (κ3) is 15.6. The second-order valence-corrected chi connectivity index (χ2v) is 16.7. The summed E-state index contributed by atoms with van der Waals surface area (Å²) < 4.78 is 0. The number of nitrogens with one attached hydrogen (secondary N) is 7. The van der Waals surface area contributed by atoms with Gasteiger partial charge in [-0.1, -0.05) is 48.5 Å². The number of hydrogen-bond acceptors (Lipinski definition) is 11. The summed E-state index contributed by atoms with van der Waals surface area (Å²) in [6.45, 7) is 0.239. The Labute approximate surface area is 402 Å². The van der Waals surface area contributed by atoms with E-state index in [1.807, 2.05) is 48.5 Å². The fourth-order valence-electron chi connectivity index (χ4n) is 7.53. The third-order valence-electron chi connectivity index (χ3n) is 11.1. The summed E-state index contributed by atoms with van der Waals surface area (Å²) in [6.07, 6.45) is 3.81. The second kappa shape index (κ2) is 25.4. The van der Waals surface area contributed by atoms with Crippen LogP contribution in [-0.4, -0.2) is 123 Å². The van der Waals surface area contributed by atoms with Gasteiger partial charge < -0.3 is 75.4 Å². The molecule has 0 spiro atoms. The molecule has 19 N–H and O–H groups in total. The maximum Gasteiger partial charge on any atom is 0.326 e. The molecule has 5 amide bonds. The summed E-state index contributed by atoms with van der Waals surface area (Å²) in [5, 5.41) is 34.7. The van der Waals surface area contributed by atoms with Crippen molar-refractivity contribution in [3.63, 3.8) is 0 Å². The molecule has 0 radical (unpaired) electrons. The van der Waals surface area contributed by atoms with Gasteiger partial charge in [-0.2, -0.15) is 12.6 Å². The van der Waals surface area contributed by atoms with Gasteiger partial charge in [-0.15, -0.1) is 0 Å². The van der Waals surface area contributed by atoms with Gasteiger partial charge in [0.05, 0.1) is 6.04 Å². The number of fused-ring (bicyclic) bond motifs is 2. The lowest BCUT2D eigenvalue weighted by atomic mass is 10.0. The molecule has 0 bridgehead atoms. The number of benzene rings is 3. The Balaban J connectivity index is 1.40. The van der Waals surface area contributed by atoms with Crippen molar-refractivity contribution in [2.75, 3.05) is 18.8 Å². The highest BCUT2D eigenvalue weighted by Crippen LogP contribution is 2.21. The van der Waals surface area contributed by atoms with Gasteiger partial charge >= 0.3 is 5.97 Å². The normalized spacial score (nSPS) is 13.7. The smallest absolute Gasteiger partial charge is 0.326 e. The van der Waals surface area contributed by atoms with Crippen LogP contribution in [0.1, 0.15) is 42.4 Å². The number of H-pyrrole nitrogens is 2. The number of thiol groups is 1. The number of aliphatic imine (C=N–C) groups is 2. The van der Waals surface area contributed by atoms with E-state index in [0.29, 0.717) is 11.1 Å². The number of para-hydroxylation sites is 2. The molecule has 5 rings (SSSR count). The number of aromatic nitrogens is 2. The van der Waals surface area contributed by atoms with Crippen LogP contribution in [0.5, 0.6) is 5.75 Å².